The minimum absolute atomic E-state index is 0.140. The summed E-state index contributed by atoms with van der Waals surface area (Å²) in [6.45, 7) is 2.92. The number of anilines is 1. The number of ether oxygens (including phenoxy) is 2. The fraction of sp³-hybridized carbons (Fsp3) is 0.625. The number of halogens is 3. The molecule has 2 unspecified atom stereocenters. The van der Waals surface area contributed by atoms with Crippen LogP contribution in [0.25, 0.3) is 0 Å². The highest BCUT2D eigenvalue weighted by Crippen LogP contribution is 2.37. The zero-order valence-corrected chi connectivity index (χ0v) is 13.0. The molecule has 1 N–H and O–H groups in total. The van der Waals surface area contributed by atoms with E-state index < -0.39 is 12.7 Å². The number of nitrogens with one attached hydrogen (secondary N) is 1. The highest BCUT2D eigenvalue weighted by Gasteiger charge is 2.29. The van der Waals surface area contributed by atoms with Gasteiger partial charge in [-0.15, -0.1) is 0 Å². The standard InChI is InChI=1S/C16H21F3N2O2/c1-11(20-9-16(17,18)19)6-12-4-5-21(8-12)13-2-3-14-15(7-13)23-10-22-14/h2-3,7,11-12,20H,4-6,8-10H2,1H3. The van der Waals surface area contributed by atoms with Crippen LogP contribution in [0.3, 0.4) is 0 Å². The normalized spacial score (nSPS) is 21.7. The third-order valence-corrected chi connectivity index (χ3v) is 4.35. The molecule has 128 valence electrons. The molecule has 1 aromatic carbocycles. The van der Waals surface area contributed by atoms with Crippen molar-refractivity contribution in [2.45, 2.75) is 32.0 Å². The van der Waals surface area contributed by atoms with E-state index in [4.69, 9.17) is 9.47 Å². The van der Waals surface area contributed by atoms with E-state index in [1.807, 2.05) is 25.1 Å². The van der Waals surface area contributed by atoms with Gasteiger partial charge >= 0.3 is 6.18 Å². The predicted octanol–water partition coefficient (Wildman–Crippen LogP) is 3.17. The third-order valence-electron chi connectivity index (χ3n) is 4.35. The topological polar surface area (TPSA) is 33.7 Å². The van der Waals surface area contributed by atoms with Gasteiger partial charge in [0.05, 0.1) is 6.54 Å². The Morgan fingerprint density at radius 2 is 2.09 bits per heavy atom. The second-order valence-corrected chi connectivity index (χ2v) is 6.27. The number of nitrogens with zero attached hydrogens (tertiary/aromatic N) is 1. The summed E-state index contributed by atoms with van der Waals surface area (Å²) in [7, 11) is 0. The van der Waals surface area contributed by atoms with Gasteiger partial charge in [0.1, 0.15) is 0 Å². The number of alkyl halides is 3. The number of hydrogen-bond donors (Lipinski definition) is 1. The highest BCUT2D eigenvalue weighted by atomic mass is 19.4. The first-order valence-corrected chi connectivity index (χ1v) is 7.85. The van der Waals surface area contributed by atoms with Gasteiger partial charge in [0, 0.05) is 30.9 Å². The van der Waals surface area contributed by atoms with Crippen LogP contribution in [0.1, 0.15) is 19.8 Å². The van der Waals surface area contributed by atoms with Crippen LogP contribution in [0.2, 0.25) is 0 Å². The molecule has 4 nitrogen and oxygen atoms in total. The maximum atomic E-state index is 12.2. The Balaban J connectivity index is 1.50. The molecule has 2 atom stereocenters. The first kappa shape index (κ1) is 16.2. The van der Waals surface area contributed by atoms with Crippen LogP contribution in [0.5, 0.6) is 11.5 Å². The molecule has 3 rings (SSSR count). The van der Waals surface area contributed by atoms with Crippen molar-refractivity contribution >= 4 is 5.69 Å². The lowest BCUT2D eigenvalue weighted by molar-refractivity contribution is -0.126. The van der Waals surface area contributed by atoms with Gasteiger partial charge in [-0.3, -0.25) is 0 Å². The zero-order valence-electron chi connectivity index (χ0n) is 13.0. The number of benzene rings is 1. The Labute approximate surface area is 133 Å². The number of rotatable bonds is 5. The molecular weight excluding hydrogens is 309 g/mol. The van der Waals surface area contributed by atoms with Crippen LogP contribution in [0.4, 0.5) is 18.9 Å². The van der Waals surface area contributed by atoms with Crippen molar-refractivity contribution in [1.29, 1.82) is 0 Å². The van der Waals surface area contributed by atoms with E-state index in [0.29, 0.717) is 5.92 Å². The summed E-state index contributed by atoms with van der Waals surface area (Å²) in [4.78, 5) is 2.25. The molecule has 23 heavy (non-hydrogen) atoms. The quantitative estimate of drug-likeness (QED) is 0.899. The van der Waals surface area contributed by atoms with Gasteiger partial charge in [-0.05, 0) is 37.8 Å². The van der Waals surface area contributed by atoms with Crippen LogP contribution in [-0.2, 0) is 0 Å². The Hall–Kier alpha value is -1.63. The molecule has 1 aromatic rings. The minimum Gasteiger partial charge on any atom is -0.454 e. The number of fused-ring (bicyclic) bond motifs is 1. The van der Waals surface area contributed by atoms with Gasteiger partial charge < -0.3 is 19.7 Å². The molecule has 0 aromatic heterocycles. The second-order valence-electron chi connectivity index (χ2n) is 6.27. The monoisotopic (exact) mass is 330 g/mol. The van der Waals surface area contributed by atoms with Gasteiger partial charge in [-0.25, -0.2) is 0 Å². The van der Waals surface area contributed by atoms with E-state index in [1.54, 1.807) is 0 Å². The maximum Gasteiger partial charge on any atom is 0.401 e. The summed E-state index contributed by atoms with van der Waals surface area (Å²) in [5.74, 6) is 1.91. The van der Waals surface area contributed by atoms with Crippen molar-refractivity contribution in [3.8, 4) is 11.5 Å². The van der Waals surface area contributed by atoms with Gasteiger partial charge in [-0.2, -0.15) is 13.2 Å². The van der Waals surface area contributed by atoms with Gasteiger partial charge in [0.25, 0.3) is 0 Å². The summed E-state index contributed by atoms with van der Waals surface area (Å²) in [6, 6.07) is 5.73. The van der Waals surface area contributed by atoms with Crippen LogP contribution < -0.4 is 19.7 Å². The summed E-state index contributed by atoms with van der Waals surface area (Å²) in [5.41, 5.74) is 1.08. The summed E-state index contributed by atoms with van der Waals surface area (Å²) in [6.07, 6.45) is -2.41. The summed E-state index contributed by atoms with van der Waals surface area (Å²) >= 11 is 0. The van der Waals surface area contributed by atoms with E-state index in [1.165, 1.54) is 0 Å². The van der Waals surface area contributed by atoms with E-state index in [2.05, 4.69) is 10.2 Å². The maximum absolute atomic E-state index is 12.2. The van der Waals surface area contributed by atoms with Crippen LogP contribution in [0, 0.1) is 5.92 Å². The van der Waals surface area contributed by atoms with Gasteiger partial charge in [0.2, 0.25) is 6.79 Å². The van der Waals surface area contributed by atoms with Crippen LogP contribution in [-0.4, -0.2) is 38.6 Å². The highest BCUT2D eigenvalue weighted by molar-refractivity contribution is 5.57. The first-order chi connectivity index (χ1) is 10.9. The minimum atomic E-state index is -4.15. The van der Waals surface area contributed by atoms with Crippen LogP contribution in [0.15, 0.2) is 18.2 Å². The van der Waals surface area contributed by atoms with Crippen molar-refractivity contribution < 1.29 is 22.6 Å². The molecule has 1 fully saturated rings. The molecule has 0 bridgehead atoms. The van der Waals surface area contributed by atoms with E-state index >= 15 is 0 Å². The summed E-state index contributed by atoms with van der Waals surface area (Å²) < 4.78 is 47.4. The Morgan fingerprint density at radius 1 is 1.30 bits per heavy atom. The smallest absolute Gasteiger partial charge is 0.401 e. The molecule has 0 aliphatic carbocycles. The number of hydrogen-bond acceptors (Lipinski definition) is 4. The van der Waals surface area contributed by atoms with Crippen molar-refractivity contribution in [3.05, 3.63) is 18.2 Å². The van der Waals surface area contributed by atoms with E-state index in [0.717, 1.165) is 43.1 Å². The predicted molar refractivity (Wildman–Crippen MR) is 81.0 cm³/mol. The molecule has 0 amide bonds. The van der Waals surface area contributed by atoms with Crippen molar-refractivity contribution in [1.82, 2.24) is 5.32 Å². The second kappa shape index (κ2) is 6.47. The lowest BCUT2D eigenvalue weighted by Gasteiger charge is -2.21. The van der Waals surface area contributed by atoms with Crippen molar-refractivity contribution in [3.63, 3.8) is 0 Å². The largest absolute Gasteiger partial charge is 0.454 e. The van der Waals surface area contributed by atoms with Crippen molar-refractivity contribution in [2.24, 2.45) is 5.92 Å². The Morgan fingerprint density at radius 3 is 2.87 bits per heavy atom. The lowest BCUT2D eigenvalue weighted by Crippen LogP contribution is -2.36. The Kier molecular flexibility index (Phi) is 4.57. The van der Waals surface area contributed by atoms with Gasteiger partial charge in [-0.1, -0.05) is 0 Å². The first-order valence-electron chi connectivity index (χ1n) is 7.85. The molecule has 0 radical (unpaired) electrons. The fourth-order valence-corrected chi connectivity index (χ4v) is 3.21. The average molecular weight is 330 g/mol. The molecule has 0 spiro atoms. The molecule has 2 heterocycles. The van der Waals surface area contributed by atoms with Gasteiger partial charge in [0.15, 0.2) is 11.5 Å². The molecule has 2 aliphatic heterocycles. The van der Waals surface area contributed by atoms with Crippen molar-refractivity contribution in [2.75, 3.05) is 31.3 Å². The van der Waals surface area contributed by atoms with E-state index in [9.17, 15) is 13.2 Å². The molecule has 1 saturated heterocycles. The lowest BCUT2D eigenvalue weighted by atomic mass is 10.00. The van der Waals surface area contributed by atoms with Crippen LogP contribution >= 0.6 is 0 Å². The fourth-order valence-electron chi connectivity index (χ4n) is 3.21. The third kappa shape index (κ3) is 4.22. The zero-order chi connectivity index (χ0) is 16.4. The summed E-state index contributed by atoms with van der Waals surface area (Å²) in [5, 5.41) is 2.56. The SMILES string of the molecule is CC(CC1CCN(c2ccc3c(c2)OCO3)C1)NCC(F)(F)F. The molecule has 7 heteroatoms. The Bertz CT molecular complexity index is 551. The average Bonchev–Trinajstić information content (AvgIpc) is 3.12. The molecule has 0 saturated carbocycles. The molecule has 2 aliphatic rings. The van der Waals surface area contributed by atoms with E-state index in [-0.39, 0.29) is 12.8 Å². The molecular formula is C16H21F3N2O2.